The van der Waals surface area contributed by atoms with Gasteiger partial charge in [-0.25, -0.2) is 18.9 Å². The van der Waals surface area contributed by atoms with Crippen molar-refractivity contribution >= 4 is 52.5 Å². The summed E-state index contributed by atoms with van der Waals surface area (Å²) in [5.41, 5.74) is 2.58. The van der Waals surface area contributed by atoms with E-state index in [-0.39, 0.29) is 41.5 Å². The molecule has 0 bridgehead atoms. The van der Waals surface area contributed by atoms with Crippen LogP contribution in [0.2, 0.25) is 0 Å². The molecule has 0 atom stereocenters. The fraction of sp³-hybridized carbons (Fsp3) is 0.500. The number of amides is 1. The van der Waals surface area contributed by atoms with E-state index < -0.39 is 0 Å². The zero-order valence-electron chi connectivity index (χ0n) is 21.5. The van der Waals surface area contributed by atoms with Gasteiger partial charge in [-0.15, -0.1) is 0 Å². The molecule has 1 aliphatic heterocycles. The molecule has 1 fully saturated rings. The van der Waals surface area contributed by atoms with Gasteiger partial charge in [0.25, 0.3) is 0 Å². The molecule has 1 aliphatic rings. The number of carbonyl (C=O) groups is 1. The van der Waals surface area contributed by atoms with Gasteiger partial charge in [0.1, 0.15) is 11.6 Å². The minimum atomic E-state index is -0.279. The molecule has 0 N–H and O–H groups in total. The van der Waals surface area contributed by atoms with E-state index in [0.29, 0.717) is 44.6 Å². The first-order valence-corrected chi connectivity index (χ1v) is 12.2. The summed E-state index contributed by atoms with van der Waals surface area (Å²) >= 11 is 0. The number of ether oxygens (including phenoxy) is 1. The normalized spacial score (nSPS) is 14.0. The summed E-state index contributed by atoms with van der Waals surface area (Å²) in [6.07, 6.45) is 1.73. The number of anilines is 1. The number of piperazine rings is 1. The molecule has 1 radical (unpaired) electrons. The molecule has 183 valence electrons. The number of pyridine rings is 1. The number of carbonyl (C=O) groups excluding carboxylic acids is 1. The second-order valence-electron chi connectivity index (χ2n) is 9.27. The maximum absolute atomic E-state index is 13.6. The van der Waals surface area contributed by atoms with Crippen LogP contribution in [0.3, 0.4) is 0 Å². The zero-order chi connectivity index (χ0) is 24.2. The number of aromatic nitrogens is 3. The van der Waals surface area contributed by atoms with E-state index in [9.17, 15) is 9.18 Å². The van der Waals surface area contributed by atoms with E-state index in [2.05, 4.69) is 24.8 Å². The van der Waals surface area contributed by atoms with E-state index in [4.69, 9.17) is 14.8 Å². The molecule has 0 spiro atoms. The third-order valence-corrected chi connectivity index (χ3v) is 6.39. The quantitative estimate of drug-likeness (QED) is 0.437. The number of nitrogens with zero attached hydrogens (tertiary/aromatic N) is 5. The third kappa shape index (κ3) is 6.16. The molecule has 3 aromatic rings. The van der Waals surface area contributed by atoms with Gasteiger partial charge in [-0.1, -0.05) is 27.7 Å². The summed E-state index contributed by atoms with van der Waals surface area (Å²) in [7, 11) is 0. The van der Waals surface area contributed by atoms with Crippen molar-refractivity contribution in [2.75, 3.05) is 37.7 Å². The Hall–Kier alpha value is -2.16. The largest absolute Gasteiger partial charge is 0.449 e. The Kier molecular flexibility index (Phi) is 9.55. The van der Waals surface area contributed by atoms with E-state index in [1.807, 2.05) is 24.6 Å². The monoisotopic (exact) mass is 490 g/mol. The first-order chi connectivity index (χ1) is 16.4. The number of fused-ring (bicyclic) bond motifs is 1. The molecule has 0 unspecified atom stereocenters. The predicted octanol–water partition coefficient (Wildman–Crippen LogP) is 5.00. The minimum absolute atomic E-state index is 0. The van der Waals surface area contributed by atoms with Gasteiger partial charge in [0.2, 0.25) is 0 Å². The molecule has 35 heavy (non-hydrogen) atoms. The number of halogens is 1. The van der Waals surface area contributed by atoms with Gasteiger partial charge in [-0.3, -0.25) is 0 Å². The van der Waals surface area contributed by atoms with Gasteiger partial charge in [-0.05, 0) is 55.2 Å². The van der Waals surface area contributed by atoms with Crippen molar-refractivity contribution in [3.05, 3.63) is 47.9 Å². The van der Waals surface area contributed by atoms with Gasteiger partial charge < -0.3 is 14.5 Å². The van der Waals surface area contributed by atoms with Gasteiger partial charge in [0.15, 0.2) is 5.65 Å². The number of benzene rings is 1. The van der Waals surface area contributed by atoms with Crippen LogP contribution >= 0.6 is 0 Å². The van der Waals surface area contributed by atoms with Crippen molar-refractivity contribution in [1.29, 1.82) is 0 Å². The molecule has 1 amide bonds. The summed E-state index contributed by atoms with van der Waals surface area (Å²) in [4.78, 5) is 21.2. The van der Waals surface area contributed by atoms with Crippen LogP contribution in [0.25, 0.3) is 16.7 Å². The van der Waals surface area contributed by atoms with E-state index in [1.54, 1.807) is 17.0 Å². The van der Waals surface area contributed by atoms with Crippen LogP contribution in [-0.2, 0) is 4.74 Å². The van der Waals surface area contributed by atoms with Crippen molar-refractivity contribution in [2.24, 2.45) is 5.92 Å². The number of hydrogen-bond donors (Lipinski definition) is 0. The molecule has 2 aromatic heterocycles. The van der Waals surface area contributed by atoms with Crippen LogP contribution in [0, 0.1) is 11.7 Å². The molecule has 9 heteroatoms. The summed E-state index contributed by atoms with van der Waals surface area (Å²) < 4.78 is 20.8. The van der Waals surface area contributed by atoms with Crippen LogP contribution in [0.4, 0.5) is 15.0 Å². The fourth-order valence-electron chi connectivity index (χ4n) is 4.37. The van der Waals surface area contributed by atoms with Crippen LogP contribution in [0.5, 0.6) is 0 Å². The molecular weight excluding hydrogens is 456 g/mol. The first-order valence-electron chi connectivity index (χ1n) is 12.2. The average molecular weight is 491 g/mol. The third-order valence-electron chi connectivity index (χ3n) is 6.39. The molecule has 0 saturated carbocycles. The van der Waals surface area contributed by atoms with Crippen molar-refractivity contribution < 1.29 is 13.9 Å². The molecule has 3 heterocycles. The topological polar surface area (TPSA) is 63.5 Å². The summed E-state index contributed by atoms with van der Waals surface area (Å²) in [5.74, 6) is 1.22. The Morgan fingerprint density at radius 1 is 1.03 bits per heavy atom. The van der Waals surface area contributed by atoms with E-state index in [0.717, 1.165) is 41.1 Å². The molecular formula is C26H34FN5NaO2. The zero-order valence-corrected chi connectivity index (χ0v) is 23.5. The standard InChI is InChI=1S/C26H34FN5O2.Na/c1-5-19(6-2)24-22-11-12-23(28-25(22)32(29-24)21-9-7-20(27)8-10-21)30-13-15-31(16-14-30)26(33)34-17-18(3)4;/h7-12,18-19H,5-6,13-17H2,1-4H3;. The molecule has 4 rings (SSSR count). The Balaban J connectivity index is 0.00000342. The van der Waals surface area contributed by atoms with Crippen molar-refractivity contribution in [3.8, 4) is 5.69 Å². The summed E-state index contributed by atoms with van der Waals surface area (Å²) in [6.45, 7) is 11.4. The van der Waals surface area contributed by atoms with Gasteiger partial charge in [-0.2, -0.15) is 5.10 Å². The number of hydrogen-bond acceptors (Lipinski definition) is 5. The van der Waals surface area contributed by atoms with Crippen LogP contribution < -0.4 is 4.90 Å². The van der Waals surface area contributed by atoms with E-state index in [1.165, 1.54) is 12.1 Å². The van der Waals surface area contributed by atoms with Gasteiger partial charge in [0.05, 0.1) is 18.0 Å². The van der Waals surface area contributed by atoms with Crippen molar-refractivity contribution in [3.63, 3.8) is 0 Å². The maximum Gasteiger partial charge on any atom is 0.409 e. The van der Waals surface area contributed by atoms with Crippen molar-refractivity contribution in [2.45, 2.75) is 46.5 Å². The Labute approximate surface area is 228 Å². The molecule has 7 nitrogen and oxygen atoms in total. The van der Waals surface area contributed by atoms with Gasteiger partial charge >= 0.3 is 6.09 Å². The smallest absolute Gasteiger partial charge is 0.409 e. The molecule has 0 aliphatic carbocycles. The fourth-order valence-corrected chi connectivity index (χ4v) is 4.37. The predicted molar refractivity (Wildman–Crippen MR) is 138 cm³/mol. The van der Waals surface area contributed by atoms with Crippen LogP contribution in [-0.4, -0.2) is 88.1 Å². The second kappa shape index (κ2) is 12.2. The SMILES string of the molecule is CCC(CC)c1nn(-c2ccc(F)cc2)c2nc(N3CCN(C(=O)OCC(C)C)CC3)ccc12.[Na]. The maximum atomic E-state index is 13.6. The first kappa shape index (κ1) is 27.4. The van der Waals surface area contributed by atoms with E-state index >= 15 is 0 Å². The van der Waals surface area contributed by atoms with Crippen LogP contribution in [0.15, 0.2) is 36.4 Å². The minimum Gasteiger partial charge on any atom is -0.449 e. The Bertz CT molecular complexity index is 1120. The van der Waals surface area contributed by atoms with Gasteiger partial charge in [0, 0.05) is 67.0 Å². The number of rotatable bonds is 7. The Morgan fingerprint density at radius 2 is 1.69 bits per heavy atom. The van der Waals surface area contributed by atoms with Crippen molar-refractivity contribution in [1.82, 2.24) is 19.7 Å². The second-order valence-corrected chi connectivity index (χ2v) is 9.27. The Morgan fingerprint density at radius 3 is 2.29 bits per heavy atom. The van der Waals surface area contributed by atoms with Crippen LogP contribution in [0.1, 0.15) is 52.1 Å². The summed E-state index contributed by atoms with van der Waals surface area (Å²) in [5, 5.41) is 5.96. The molecule has 1 aromatic carbocycles. The molecule has 1 saturated heterocycles. The average Bonchev–Trinajstić information content (AvgIpc) is 3.22. The summed E-state index contributed by atoms with van der Waals surface area (Å²) in [6, 6.07) is 10.5.